The topological polar surface area (TPSA) is 12.0 Å². The summed E-state index contributed by atoms with van der Waals surface area (Å²) >= 11 is 0. The number of nitrogens with one attached hydrogen (secondary N) is 1. The molecule has 0 saturated heterocycles. The molecule has 1 N–H and O–H groups in total. The third-order valence-corrected chi connectivity index (χ3v) is 3.89. The molecule has 1 unspecified atom stereocenters. The van der Waals surface area contributed by atoms with E-state index in [4.69, 9.17) is 0 Å². The Balaban J connectivity index is 2.07. The van der Waals surface area contributed by atoms with Gasteiger partial charge in [-0.05, 0) is 48.1 Å². The van der Waals surface area contributed by atoms with Crippen LogP contribution >= 0.6 is 0 Å². The Morgan fingerprint density at radius 2 is 1.75 bits per heavy atom. The maximum Gasteiger partial charge on any atom is 0.00725 e. The lowest BCUT2D eigenvalue weighted by atomic mass is 9.95. The largest absolute Gasteiger partial charge is 0.314 e. The van der Waals surface area contributed by atoms with Gasteiger partial charge in [0, 0.05) is 6.04 Å². The van der Waals surface area contributed by atoms with Crippen molar-refractivity contribution in [1.29, 1.82) is 0 Å². The molecule has 0 aliphatic carbocycles. The van der Waals surface area contributed by atoms with E-state index in [1.165, 1.54) is 29.2 Å². The lowest BCUT2D eigenvalue weighted by Gasteiger charge is -2.20. The zero-order valence-electron chi connectivity index (χ0n) is 13.0. The Morgan fingerprint density at radius 3 is 2.50 bits per heavy atom. The van der Waals surface area contributed by atoms with Crippen molar-refractivity contribution < 1.29 is 0 Å². The molecule has 1 nitrogen and oxygen atoms in total. The van der Waals surface area contributed by atoms with E-state index in [2.05, 4.69) is 68.6 Å². The van der Waals surface area contributed by atoms with Gasteiger partial charge >= 0.3 is 0 Å². The molecule has 108 valence electrons. The summed E-state index contributed by atoms with van der Waals surface area (Å²) in [5.74, 6) is 0.756. The van der Waals surface area contributed by atoms with Crippen LogP contribution in [0.5, 0.6) is 0 Å². The Hall–Kier alpha value is -1.34. The second-order valence-corrected chi connectivity index (χ2v) is 6.06. The summed E-state index contributed by atoms with van der Waals surface area (Å²) in [4.78, 5) is 0. The van der Waals surface area contributed by atoms with Crippen LogP contribution < -0.4 is 5.32 Å². The van der Waals surface area contributed by atoms with Gasteiger partial charge in [-0.3, -0.25) is 0 Å². The number of hydrogen-bond acceptors (Lipinski definition) is 1. The standard InChI is InChI=1S/C19H27N/c1-4-20-18(14-15(2)3)13-12-17-10-7-9-16-8-5-6-11-19(16)17/h5-11,15,18,20H,4,12-14H2,1-3H3. The van der Waals surface area contributed by atoms with Gasteiger partial charge in [0.15, 0.2) is 0 Å². The van der Waals surface area contributed by atoms with E-state index in [1.54, 1.807) is 0 Å². The van der Waals surface area contributed by atoms with Crippen LogP contribution in [0.3, 0.4) is 0 Å². The summed E-state index contributed by atoms with van der Waals surface area (Å²) in [5.41, 5.74) is 1.48. The first-order valence-corrected chi connectivity index (χ1v) is 7.90. The summed E-state index contributed by atoms with van der Waals surface area (Å²) < 4.78 is 0. The molecule has 20 heavy (non-hydrogen) atoms. The van der Waals surface area contributed by atoms with Crippen LogP contribution in [0, 0.1) is 5.92 Å². The van der Waals surface area contributed by atoms with Crippen molar-refractivity contribution in [2.75, 3.05) is 6.54 Å². The molecule has 0 bridgehead atoms. The molecule has 1 atom stereocenters. The predicted octanol–water partition coefficient (Wildman–Crippen LogP) is 4.80. The van der Waals surface area contributed by atoms with E-state index in [9.17, 15) is 0 Å². The van der Waals surface area contributed by atoms with E-state index in [0.717, 1.165) is 18.9 Å². The molecule has 0 heterocycles. The Kier molecular flexibility index (Phi) is 5.60. The highest BCUT2D eigenvalue weighted by Gasteiger charge is 2.10. The van der Waals surface area contributed by atoms with E-state index < -0.39 is 0 Å². The summed E-state index contributed by atoms with van der Waals surface area (Å²) in [5, 5.41) is 6.40. The molecule has 2 aromatic carbocycles. The Morgan fingerprint density at radius 1 is 1.00 bits per heavy atom. The first-order chi connectivity index (χ1) is 9.70. The minimum absolute atomic E-state index is 0.638. The van der Waals surface area contributed by atoms with Crippen molar-refractivity contribution in [3.8, 4) is 0 Å². The molecule has 0 fully saturated rings. The van der Waals surface area contributed by atoms with Crippen molar-refractivity contribution in [3.05, 3.63) is 48.0 Å². The zero-order valence-corrected chi connectivity index (χ0v) is 13.0. The molecule has 0 saturated carbocycles. The molecular weight excluding hydrogens is 242 g/mol. The van der Waals surface area contributed by atoms with Gasteiger partial charge in [0.25, 0.3) is 0 Å². The highest BCUT2D eigenvalue weighted by molar-refractivity contribution is 5.85. The van der Waals surface area contributed by atoms with Crippen LogP contribution in [-0.2, 0) is 6.42 Å². The normalized spacial score (nSPS) is 13.0. The predicted molar refractivity (Wildman–Crippen MR) is 89.2 cm³/mol. The van der Waals surface area contributed by atoms with Crippen LogP contribution in [0.15, 0.2) is 42.5 Å². The van der Waals surface area contributed by atoms with Crippen LogP contribution in [0.1, 0.15) is 39.2 Å². The molecular formula is C19H27N. The summed E-state index contributed by atoms with van der Waals surface area (Å²) in [6, 6.07) is 16.0. The fraction of sp³-hybridized carbons (Fsp3) is 0.474. The minimum Gasteiger partial charge on any atom is -0.314 e. The van der Waals surface area contributed by atoms with Crippen molar-refractivity contribution in [3.63, 3.8) is 0 Å². The van der Waals surface area contributed by atoms with Gasteiger partial charge in [0.2, 0.25) is 0 Å². The maximum absolute atomic E-state index is 3.63. The molecule has 0 spiro atoms. The smallest absolute Gasteiger partial charge is 0.00725 e. The van der Waals surface area contributed by atoms with Gasteiger partial charge in [0.1, 0.15) is 0 Å². The van der Waals surface area contributed by atoms with Crippen LogP contribution in [0.25, 0.3) is 10.8 Å². The highest BCUT2D eigenvalue weighted by Crippen LogP contribution is 2.21. The quantitative estimate of drug-likeness (QED) is 0.761. The monoisotopic (exact) mass is 269 g/mol. The van der Waals surface area contributed by atoms with Gasteiger partial charge in [0.05, 0.1) is 0 Å². The zero-order chi connectivity index (χ0) is 14.4. The minimum atomic E-state index is 0.638. The first-order valence-electron chi connectivity index (χ1n) is 7.90. The molecule has 2 aromatic rings. The van der Waals surface area contributed by atoms with E-state index in [0.29, 0.717) is 6.04 Å². The van der Waals surface area contributed by atoms with E-state index in [1.807, 2.05) is 0 Å². The number of rotatable bonds is 7. The molecule has 1 heteroatoms. The molecule has 2 rings (SSSR count). The second-order valence-electron chi connectivity index (χ2n) is 6.06. The second kappa shape index (κ2) is 7.44. The number of aryl methyl sites for hydroxylation is 1. The van der Waals surface area contributed by atoms with Crippen molar-refractivity contribution in [2.45, 2.75) is 46.1 Å². The van der Waals surface area contributed by atoms with Crippen LogP contribution in [0.2, 0.25) is 0 Å². The van der Waals surface area contributed by atoms with E-state index in [-0.39, 0.29) is 0 Å². The number of fused-ring (bicyclic) bond motifs is 1. The number of hydrogen-bond donors (Lipinski definition) is 1. The lowest BCUT2D eigenvalue weighted by Crippen LogP contribution is -2.30. The summed E-state index contributed by atoms with van der Waals surface area (Å²) in [7, 11) is 0. The third kappa shape index (κ3) is 4.08. The molecule has 0 amide bonds. The Labute approximate surface area is 123 Å². The lowest BCUT2D eigenvalue weighted by molar-refractivity contribution is 0.406. The third-order valence-electron chi connectivity index (χ3n) is 3.89. The molecule has 0 aliphatic rings. The first kappa shape index (κ1) is 15.1. The summed E-state index contributed by atoms with van der Waals surface area (Å²) in [6.07, 6.45) is 3.64. The van der Waals surface area contributed by atoms with Gasteiger partial charge < -0.3 is 5.32 Å². The fourth-order valence-electron chi connectivity index (χ4n) is 3.00. The van der Waals surface area contributed by atoms with Crippen molar-refractivity contribution >= 4 is 10.8 Å². The van der Waals surface area contributed by atoms with E-state index >= 15 is 0 Å². The van der Waals surface area contributed by atoms with Gasteiger partial charge in [-0.2, -0.15) is 0 Å². The fourth-order valence-corrected chi connectivity index (χ4v) is 3.00. The average Bonchev–Trinajstić information content (AvgIpc) is 2.44. The highest BCUT2D eigenvalue weighted by atomic mass is 14.9. The van der Waals surface area contributed by atoms with Crippen LogP contribution in [0.4, 0.5) is 0 Å². The van der Waals surface area contributed by atoms with Crippen LogP contribution in [-0.4, -0.2) is 12.6 Å². The molecule has 0 aromatic heterocycles. The van der Waals surface area contributed by atoms with Gasteiger partial charge in [-0.15, -0.1) is 0 Å². The maximum atomic E-state index is 3.63. The average molecular weight is 269 g/mol. The number of benzene rings is 2. The molecule has 0 radical (unpaired) electrons. The Bertz CT molecular complexity index is 525. The van der Waals surface area contributed by atoms with Crippen molar-refractivity contribution in [2.24, 2.45) is 5.92 Å². The summed E-state index contributed by atoms with van der Waals surface area (Å²) in [6.45, 7) is 7.88. The molecule has 0 aliphatic heterocycles. The van der Waals surface area contributed by atoms with Gasteiger partial charge in [-0.1, -0.05) is 63.2 Å². The van der Waals surface area contributed by atoms with Gasteiger partial charge in [-0.25, -0.2) is 0 Å². The van der Waals surface area contributed by atoms with Crippen molar-refractivity contribution in [1.82, 2.24) is 5.32 Å². The SMILES string of the molecule is CCNC(CCc1cccc2ccccc12)CC(C)C.